The van der Waals surface area contributed by atoms with Gasteiger partial charge in [0.25, 0.3) is 5.91 Å². The number of anilines is 1. The maximum absolute atomic E-state index is 12.8. The van der Waals surface area contributed by atoms with Crippen LogP contribution in [0.4, 0.5) is 5.13 Å². The quantitative estimate of drug-likeness (QED) is 0.364. The summed E-state index contributed by atoms with van der Waals surface area (Å²) in [6.45, 7) is 8.45. The van der Waals surface area contributed by atoms with Crippen molar-refractivity contribution in [2.24, 2.45) is 0 Å². The number of thiazole rings is 1. The third kappa shape index (κ3) is 4.61. The molecule has 0 bridgehead atoms. The minimum atomic E-state index is -0.336. The van der Waals surface area contributed by atoms with Crippen LogP contribution in [0.2, 0.25) is 0 Å². The summed E-state index contributed by atoms with van der Waals surface area (Å²) in [6, 6.07) is 14.7. The maximum Gasteiger partial charge on any atom is 0.339 e. The number of rotatable bonds is 7. The van der Waals surface area contributed by atoms with Crippen LogP contribution in [0.3, 0.4) is 0 Å². The average molecular weight is 464 g/mol. The van der Waals surface area contributed by atoms with Crippen LogP contribution >= 0.6 is 11.3 Å². The van der Waals surface area contributed by atoms with Crippen LogP contribution < -0.4 is 10.1 Å². The maximum atomic E-state index is 12.8. The average Bonchev–Trinajstić information content (AvgIpc) is 3.33. The number of nitrogens with one attached hydrogen (secondary N) is 1. The second-order valence-corrected chi connectivity index (χ2v) is 8.45. The molecule has 7 nitrogen and oxygen atoms in total. The minimum absolute atomic E-state index is 0.237. The van der Waals surface area contributed by atoms with Gasteiger partial charge in [-0.1, -0.05) is 11.3 Å². The van der Waals surface area contributed by atoms with E-state index in [-0.39, 0.29) is 11.9 Å². The van der Waals surface area contributed by atoms with Crippen molar-refractivity contribution >= 4 is 38.6 Å². The summed E-state index contributed by atoms with van der Waals surface area (Å²) in [4.78, 5) is 29.5. The summed E-state index contributed by atoms with van der Waals surface area (Å²) < 4.78 is 13.6. The lowest BCUT2D eigenvalue weighted by Gasteiger charge is -2.11. The molecular weight excluding hydrogens is 438 g/mol. The lowest BCUT2D eigenvalue weighted by atomic mass is 10.2. The highest BCUT2D eigenvalue weighted by atomic mass is 32.1. The Bertz CT molecular complexity index is 1320. The van der Waals surface area contributed by atoms with Crippen molar-refractivity contribution in [1.29, 1.82) is 0 Å². The van der Waals surface area contributed by atoms with Crippen molar-refractivity contribution in [1.82, 2.24) is 9.55 Å². The number of carbonyl (C=O) groups excluding carboxylic acids is 2. The molecule has 1 amide bonds. The lowest BCUT2D eigenvalue weighted by Crippen LogP contribution is -2.12. The van der Waals surface area contributed by atoms with E-state index >= 15 is 0 Å². The Balaban J connectivity index is 1.52. The highest BCUT2D eigenvalue weighted by Crippen LogP contribution is 2.30. The molecule has 8 heteroatoms. The molecular formula is C25H25N3O4S. The van der Waals surface area contributed by atoms with E-state index in [4.69, 9.17) is 9.47 Å². The van der Waals surface area contributed by atoms with Crippen molar-refractivity contribution in [2.75, 3.05) is 18.5 Å². The molecule has 0 fully saturated rings. The van der Waals surface area contributed by atoms with Gasteiger partial charge in [0.1, 0.15) is 5.75 Å². The first kappa shape index (κ1) is 22.5. The molecule has 33 heavy (non-hydrogen) atoms. The zero-order valence-corrected chi connectivity index (χ0v) is 19.8. The van der Waals surface area contributed by atoms with Gasteiger partial charge in [0.05, 0.1) is 29.0 Å². The highest BCUT2D eigenvalue weighted by molar-refractivity contribution is 7.22. The van der Waals surface area contributed by atoms with E-state index in [1.807, 2.05) is 61.7 Å². The van der Waals surface area contributed by atoms with Gasteiger partial charge in [-0.3, -0.25) is 10.1 Å². The molecule has 0 aliphatic heterocycles. The van der Waals surface area contributed by atoms with Crippen molar-refractivity contribution in [2.45, 2.75) is 27.7 Å². The van der Waals surface area contributed by atoms with Gasteiger partial charge < -0.3 is 14.0 Å². The standard InChI is InChI=1S/C25H25N3O4S/c1-5-31-19-11-12-21-22(14-19)33-25(26-21)27-23(29)17-7-9-18(10-8-17)28-15(3)13-20(16(28)4)24(30)32-6-2/h7-14H,5-6H2,1-4H3,(H,26,27,29). The number of carbonyl (C=O) groups is 2. The lowest BCUT2D eigenvalue weighted by molar-refractivity contribution is 0.0525. The SMILES string of the molecule is CCOC(=O)c1cc(C)n(-c2ccc(C(=O)Nc3nc4ccc(OCC)cc4s3)cc2)c1C. The Labute approximate surface area is 196 Å². The van der Waals surface area contributed by atoms with Crippen molar-refractivity contribution < 1.29 is 19.1 Å². The van der Waals surface area contributed by atoms with Gasteiger partial charge in [0.2, 0.25) is 0 Å². The van der Waals surface area contributed by atoms with Crippen LogP contribution in [0, 0.1) is 13.8 Å². The molecule has 4 rings (SSSR count). The number of amides is 1. The fraction of sp³-hybridized carbons (Fsp3) is 0.240. The molecule has 1 N–H and O–H groups in total. The van der Waals surface area contributed by atoms with Crippen LogP contribution in [0.1, 0.15) is 46.0 Å². The summed E-state index contributed by atoms with van der Waals surface area (Å²) in [5, 5.41) is 3.41. The van der Waals surface area contributed by atoms with Gasteiger partial charge in [-0.2, -0.15) is 0 Å². The van der Waals surface area contributed by atoms with Crippen LogP contribution in [-0.4, -0.2) is 34.6 Å². The van der Waals surface area contributed by atoms with Crippen LogP contribution in [-0.2, 0) is 4.74 Å². The number of hydrogen-bond donors (Lipinski definition) is 1. The molecule has 0 spiro atoms. The Kier molecular flexibility index (Phi) is 6.46. The Hall–Kier alpha value is -3.65. The van der Waals surface area contributed by atoms with E-state index in [0.29, 0.717) is 29.5 Å². The van der Waals surface area contributed by atoms with Crippen molar-refractivity contribution in [3.05, 3.63) is 71.0 Å². The van der Waals surface area contributed by atoms with Gasteiger partial charge in [-0.15, -0.1) is 0 Å². The molecule has 2 aromatic carbocycles. The van der Waals surface area contributed by atoms with Gasteiger partial charge in [-0.25, -0.2) is 9.78 Å². The Morgan fingerprint density at radius 3 is 2.48 bits per heavy atom. The fourth-order valence-corrected chi connectivity index (χ4v) is 4.61. The number of aryl methyl sites for hydroxylation is 1. The molecule has 4 aromatic rings. The first-order valence-corrected chi connectivity index (χ1v) is 11.5. The minimum Gasteiger partial charge on any atom is -0.494 e. The number of nitrogens with zero attached hydrogens (tertiary/aromatic N) is 2. The second-order valence-electron chi connectivity index (χ2n) is 7.42. The predicted molar refractivity (Wildman–Crippen MR) is 130 cm³/mol. The predicted octanol–water partition coefficient (Wildman–Crippen LogP) is 5.53. The molecule has 0 aliphatic rings. The summed E-state index contributed by atoms with van der Waals surface area (Å²) in [5.74, 6) is 0.208. The first-order valence-electron chi connectivity index (χ1n) is 10.7. The molecule has 0 unspecified atom stereocenters. The van der Waals surface area contributed by atoms with Crippen LogP contribution in [0.25, 0.3) is 15.9 Å². The third-order valence-corrected chi connectivity index (χ3v) is 6.14. The largest absolute Gasteiger partial charge is 0.494 e. The van der Waals surface area contributed by atoms with E-state index in [1.165, 1.54) is 11.3 Å². The van der Waals surface area contributed by atoms with Gasteiger partial charge in [0.15, 0.2) is 5.13 Å². The number of benzene rings is 2. The zero-order chi connectivity index (χ0) is 23.5. The van der Waals surface area contributed by atoms with E-state index in [0.717, 1.165) is 33.0 Å². The summed E-state index contributed by atoms with van der Waals surface area (Å²) >= 11 is 1.40. The zero-order valence-electron chi connectivity index (χ0n) is 19.0. The van der Waals surface area contributed by atoms with Crippen LogP contribution in [0.15, 0.2) is 48.5 Å². The van der Waals surface area contributed by atoms with Crippen LogP contribution in [0.5, 0.6) is 5.75 Å². The van der Waals surface area contributed by atoms with Gasteiger partial charge >= 0.3 is 5.97 Å². The molecule has 0 saturated heterocycles. The molecule has 2 aromatic heterocycles. The van der Waals surface area contributed by atoms with E-state index in [9.17, 15) is 9.59 Å². The summed E-state index contributed by atoms with van der Waals surface area (Å²) in [5.41, 5.74) is 4.43. The van der Waals surface area contributed by atoms with Gasteiger partial charge in [0, 0.05) is 22.6 Å². The van der Waals surface area contributed by atoms with Crippen molar-refractivity contribution in [3.8, 4) is 11.4 Å². The number of esters is 1. The summed E-state index contributed by atoms with van der Waals surface area (Å²) in [6.07, 6.45) is 0. The van der Waals surface area contributed by atoms with E-state index < -0.39 is 0 Å². The topological polar surface area (TPSA) is 82.5 Å². The Morgan fingerprint density at radius 1 is 1.03 bits per heavy atom. The molecule has 0 saturated carbocycles. The smallest absolute Gasteiger partial charge is 0.339 e. The van der Waals surface area contributed by atoms with Crippen molar-refractivity contribution in [3.63, 3.8) is 0 Å². The normalized spacial score (nSPS) is 10.9. The number of hydrogen-bond acceptors (Lipinski definition) is 6. The Morgan fingerprint density at radius 2 is 1.79 bits per heavy atom. The summed E-state index contributed by atoms with van der Waals surface area (Å²) in [7, 11) is 0. The second kappa shape index (κ2) is 9.46. The number of ether oxygens (including phenoxy) is 2. The van der Waals surface area contributed by atoms with E-state index in [2.05, 4.69) is 10.3 Å². The van der Waals surface area contributed by atoms with E-state index in [1.54, 1.807) is 19.1 Å². The third-order valence-electron chi connectivity index (χ3n) is 5.21. The fourth-order valence-electron chi connectivity index (χ4n) is 3.72. The van der Waals surface area contributed by atoms with Gasteiger partial charge in [-0.05, 0) is 76.2 Å². The monoisotopic (exact) mass is 463 g/mol. The number of aromatic nitrogens is 2. The number of fused-ring (bicyclic) bond motifs is 1. The highest BCUT2D eigenvalue weighted by Gasteiger charge is 2.18. The molecule has 2 heterocycles. The molecule has 0 atom stereocenters. The molecule has 0 radical (unpaired) electrons. The first-order chi connectivity index (χ1) is 15.9. The molecule has 0 aliphatic carbocycles. The molecule has 170 valence electrons.